The highest BCUT2D eigenvalue weighted by Crippen LogP contribution is 2.41. The van der Waals surface area contributed by atoms with Gasteiger partial charge in [-0.1, -0.05) is 6.07 Å². The third-order valence-corrected chi connectivity index (χ3v) is 6.86. The molecule has 0 bridgehead atoms. The van der Waals surface area contributed by atoms with Crippen LogP contribution < -0.4 is 15.1 Å². The lowest BCUT2D eigenvalue weighted by atomic mass is 9.71. The van der Waals surface area contributed by atoms with Crippen molar-refractivity contribution < 1.29 is 9.53 Å². The summed E-state index contributed by atoms with van der Waals surface area (Å²) >= 11 is 0. The summed E-state index contributed by atoms with van der Waals surface area (Å²) in [6.07, 6.45) is 3.36. The molecule has 4 rings (SSSR count). The Morgan fingerprint density at radius 2 is 1.86 bits per heavy atom. The van der Waals surface area contributed by atoms with Crippen LogP contribution in [0.15, 0.2) is 29.4 Å². The Morgan fingerprint density at radius 3 is 2.51 bits per heavy atom. The van der Waals surface area contributed by atoms with E-state index in [9.17, 15) is 4.79 Å². The van der Waals surface area contributed by atoms with Gasteiger partial charge in [0.25, 0.3) is 0 Å². The Balaban J connectivity index is 1.47. The number of nitrogens with zero attached hydrogens (tertiary/aromatic N) is 6. The standard InChI is InChI=1S/C25H34N8O2/c1-17-15-18(2)29-24(28-17)32-13-10-25(11-14-32)9-6-12-33(23(25)34)16-20(31-27-3)22(26)19-7-5-8-21(30-19)35-4/h5,7-8,15,26-27H,6,9-14,16H2,1-4H3/b26-22?,31-20-. The summed E-state index contributed by atoms with van der Waals surface area (Å²) in [7, 11) is 3.23. The number of amides is 1. The molecule has 1 spiro atoms. The van der Waals surface area contributed by atoms with E-state index in [4.69, 9.17) is 10.1 Å². The van der Waals surface area contributed by atoms with Crippen molar-refractivity contribution >= 4 is 23.3 Å². The Bertz CT molecular complexity index is 1100. The molecule has 0 aliphatic carbocycles. The molecule has 2 aliphatic rings. The monoisotopic (exact) mass is 478 g/mol. The molecule has 2 aromatic heterocycles. The van der Waals surface area contributed by atoms with Crippen LogP contribution in [-0.2, 0) is 4.79 Å². The number of carbonyl (C=O) groups is 1. The van der Waals surface area contributed by atoms with Gasteiger partial charge in [0.05, 0.1) is 24.8 Å². The number of hydrazone groups is 1. The first kappa shape index (κ1) is 24.6. The number of likely N-dealkylation sites (tertiary alicyclic amines) is 1. The van der Waals surface area contributed by atoms with Gasteiger partial charge in [-0.05, 0) is 51.7 Å². The van der Waals surface area contributed by atoms with Crippen molar-refractivity contribution in [3.63, 3.8) is 0 Å². The number of piperidine rings is 2. The number of carbonyl (C=O) groups excluding carboxylic acids is 1. The van der Waals surface area contributed by atoms with Crippen LogP contribution in [0.25, 0.3) is 0 Å². The van der Waals surface area contributed by atoms with Crippen molar-refractivity contribution in [3.8, 4) is 5.88 Å². The molecule has 186 valence electrons. The molecule has 10 nitrogen and oxygen atoms in total. The number of nitrogens with one attached hydrogen (secondary N) is 2. The first-order chi connectivity index (χ1) is 16.8. The van der Waals surface area contributed by atoms with Crippen LogP contribution in [0.4, 0.5) is 5.95 Å². The molecule has 1 amide bonds. The van der Waals surface area contributed by atoms with Crippen LogP contribution in [0.3, 0.4) is 0 Å². The van der Waals surface area contributed by atoms with E-state index in [2.05, 4.69) is 30.4 Å². The predicted octanol–water partition coefficient (Wildman–Crippen LogP) is 2.35. The maximum Gasteiger partial charge on any atom is 0.229 e. The summed E-state index contributed by atoms with van der Waals surface area (Å²) < 4.78 is 5.20. The Morgan fingerprint density at radius 1 is 1.14 bits per heavy atom. The summed E-state index contributed by atoms with van der Waals surface area (Å²) in [6, 6.07) is 7.25. The van der Waals surface area contributed by atoms with E-state index in [1.807, 2.05) is 24.8 Å². The second-order valence-electron chi connectivity index (χ2n) is 9.27. The molecule has 2 aliphatic heterocycles. The van der Waals surface area contributed by atoms with Gasteiger partial charge < -0.3 is 20.0 Å². The van der Waals surface area contributed by atoms with Crippen molar-refractivity contribution in [2.24, 2.45) is 10.5 Å². The number of aryl methyl sites for hydroxylation is 2. The predicted molar refractivity (Wildman–Crippen MR) is 135 cm³/mol. The van der Waals surface area contributed by atoms with Crippen LogP contribution >= 0.6 is 0 Å². The van der Waals surface area contributed by atoms with Crippen molar-refractivity contribution in [1.29, 1.82) is 5.41 Å². The van der Waals surface area contributed by atoms with E-state index in [-0.39, 0.29) is 23.6 Å². The van der Waals surface area contributed by atoms with Gasteiger partial charge in [-0.3, -0.25) is 10.2 Å². The fraction of sp³-hybridized carbons (Fsp3) is 0.520. The molecule has 2 aromatic rings. The smallest absolute Gasteiger partial charge is 0.229 e. The minimum Gasteiger partial charge on any atom is -0.481 e. The summed E-state index contributed by atoms with van der Waals surface area (Å²) in [5.74, 6) is 1.34. The van der Waals surface area contributed by atoms with E-state index in [1.165, 1.54) is 0 Å². The van der Waals surface area contributed by atoms with Gasteiger partial charge in [-0.15, -0.1) is 0 Å². The molecule has 0 unspecified atom stereocenters. The first-order valence-corrected chi connectivity index (χ1v) is 12.1. The van der Waals surface area contributed by atoms with Crippen LogP contribution in [0.5, 0.6) is 5.88 Å². The number of aromatic nitrogens is 3. The lowest BCUT2D eigenvalue weighted by molar-refractivity contribution is -0.147. The van der Waals surface area contributed by atoms with Crippen molar-refractivity contribution in [1.82, 2.24) is 25.3 Å². The number of ether oxygens (including phenoxy) is 1. The van der Waals surface area contributed by atoms with Gasteiger partial charge in [0, 0.05) is 44.1 Å². The van der Waals surface area contributed by atoms with Gasteiger partial charge in [-0.2, -0.15) is 5.10 Å². The summed E-state index contributed by atoms with van der Waals surface area (Å²) in [4.78, 5) is 31.4. The Kier molecular flexibility index (Phi) is 7.28. The quantitative estimate of drug-likeness (QED) is 0.463. The molecule has 0 aromatic carbocycles. The van der Waals surface area contributed by atoms with E-state index >= 15 is 0 Å². The van der Waals surface area contributed by atoms with Gasteiger partial charge in [0.15, 0.2) is 0 Å². The topological polar surface area (TPSA) is 120 Å². The number of methoxy groups -OCH3 is 1. The van der Waals surface area contributed by atoms with E-state index in [0.29, 0.717) is 23.8 Å². The molecular formula is C25H34N8O2. The van der Waals surface area contributed by atoms with Gasteiger partial charge in [-0.25, -0.2) is 15.0 Å². The van der Waals surface area contributed by atoms with Crippen LogP contribution in [0.2, 0.25) is 0 Å². The second kappa shape index (κ2) is 10.4. The zero-order valence-electron chi connectivity index (χ0n) is 21.0. The Labute approximate surface area is 206 Å². The highest BCUT2D eigenvalue weighted by atomic mass is 16.5. The van der Waals surface area contributed by atoms with E-state index in [1.54, 1.807) is 32.4 Å². The molecule has 2 saturated heterocycles. The molecule has 35 heavy (non-hydrogen) atoms. The largest absolute Gasteiger partial charge is 0.481 e. The minimum atomic E-state index is -0.380. The maximum atomic E-state index is 13.7. The second-order valence-corrected chi connectivity index (χ2v) is 9.27. The van der Waals surface area contributed by atoms with Crippen molar-refractivity contribution in [2.45, 2.75) is 39.5 Å². The fourth-order valence-corrected chi connectivity index (χ4v) is 5.05. The molecular weight excluding hydrogens is 444 g/mol. The molecule has 0 radical (unpaired) electrons. The van der Waals surface area contributed by atoms with Gasteiger partial charge in [0.1, 0.15) is 11.4 Å². The fourth-order valence-electron chi connectivity index (χ4n) is 5.05. The molecule has 10 heteroatoms. The first-order valence-electron chi connectivity index (χ1n) is 12.1. The van der Waals surface area contributed by atoms with Crippen molar-refractivity contribution in [3.05, 3.63) is 41.3 Å². The van der Waals surface area contributed by atoms with Crippen LogP contribution in [-0.4, -0.2) is 77.5 Å². The highest BCUT2D eigenvalue weighted by Gasteiger charge is 2.46. The van der Waals surface area contributed by atoms with Gasteiger partial charge in [0.2, 0.25) is 17.7 Å². The van der Waals surface area contributed by atoms with E-state index in [0.717, 1.165) is 56.1 Å². The molecule has 2 fully saturated rings. The number of hydrogen-bond donors (Lipinski definition) is 2. The summed E-state index contributed by atoms with van der Waals surface area (Å²) in [6.45, 7) is 6.40. The molecule has 2 N–H and O–H groups in total. The number of pyridine rings is 1. The number of rotatable bonds is 7. The Hall–Kier alpha value is -3.56. The zero-order chi connectivity index (χ0) is 25.0. The van der Waals surface area contributed by atoms with Crippen molar-refractivity contribution in [2.75, 3.05) is 45.2 Å². The number of hydrogen-bond acceptors (Lipinski definition) is 9. The third kappa shape index (κ3) is 5.26. The average Bonchev–Trinajstić information content (AvgIpc) is 2.86. The highest BCUT2D eigenvalue weighted by molar-refractivity contribution is 6.47. The molecule has 0 atom stereocenters. The average molecular weight is 479 g/mol. The summed E-state index contributed by atoms with van der Waals surface area (Å²) in [5.41, 5.74) is 5.42. The molecule has 4 heterocycles. The lowest BCUT2D eigenvalue weighted by Crippen LogP contribution is -2.55. The van der Waals surface area contributed by atoms with Crippen LogP contribution in [0, 0.1) is 24.7 Å². The SMILES string of the molecule is CN/N=C(/CN1CCCC2(CCN(c3nc(C)cc(C)n3)CC2)C1=O)C(=N)c1cccc(OC)n1. The van der Waals surface area contributed by atoms with Crippen LogP contribution in [0.1, 0.15) is 42.8 Å². The van der Waals surface area contributed by atoms with Gasteiger partial charge >= 0.3 is 0 Å². The third-order valence-electron chi connectivity index (χ3n) is 6.86. The normalized spacial score (nSPS) is 18.1. The molecule has 0 saturated carbocycles. The minimum absolute atomic E-state index is 0.153. The number of anilines is 1. The maximum absolute atomic E-state index is 13.7. The van der Waals surface area contributed by atoms with E-state index < -0.39 is 0 Å². The zero-order valence-corrected chi connectivity index (χ0v) is 21.0. The summed E-state index contributed by atoms with van der Waals surface area (Å²) in [5, 5.41) is 13.0. The lowest BCUT2D eigenvalue weighted by Gasteiger charge is -2.46.